The normalized spacial score (nSPS) is 25.1. The van der Waals surface area contributed by atoms with Gasteiger partial charge in [0.2, 0.25) is 0 Å². The lowest BCUT2D eigenvalue weighted by molar-refractivity contribution is 0.121. The van der Waals surface area contributed by atoms with Crippen LogP contribution in [-0.2, 0) is 0 Å². The van der Waals surface area contributed by atoms with E-state index in [0.29, 0.717) is 22.1 Å². The van der Waals surface area contributed by atoms with Crippen molar-refractivity contribution in [2.24, 2.45) is 11.8 Å². The molecule has 1 aromatic rings. The molecule has 2 atom stereocenters. The third-order valence-electron chi connectivity index (χ3n) is 3.81. The Morgan fingerprint density at radius 2 is 1.94 bits per heavy atom. The lowest BCUT2D eigenvalue weighted by Crippen LogP contribution is -2.30. The molecular weight excluding hydrogens is 269 g/mol. The van der Waals surface area contributed by atoms with Crippen LogP contribution >= 0.6 is 23.2 Å². The number of hydrogen-bond acceptors (Lipinski definition) is 2. The second-order valence-corrected chi connectivity index (χ2v) is 6.06. The van der Waals surface area contributed by atoms with Gasteiger partial charge in [-0.2, -0.15) is 0 Å². The van der Waals surface area contributed by atoms with Gasteiger partial charge in [-0.3, -0.25) is 0 Å². The zero-order chi connectivity index (χ0) is 12.5. The van der Waals surface area contributed by atoms with E-state index in [9.17, 15) is 0 Å². The number of nitrogens with one attached hydrogen (secondary N) is 1. The van der Waals surface area contributed by atoms with E-state index in [4.69, 9.17) is 27.9 Å². The molecule has 0 radical (unpaired) electrons. The fourth-order valence-corrected chi connectivity index (χ4v) is 2.95. The summed E-state index contributed by atoms with van der Waals surface area (Å²) < 4.78 is 6.18. The Balaban J connectivity index is 1.73. The van der Waals surface area contributed by atoms with Gasteiger partial charge in [-0.15, -0.1) is 0 Å². The summed E-state index contributed by atoms with van der Waals surface area (Å²) >= 11 is 11.9. The zero-order valence-corrected chi connectivity index (χ0v) is 11.7. The molecule has 0 unspecified atom stereocenters. The molecule has 1 N–H and O–H groups in total. The second-order valence-electron chi connectivity index (χ2n) is 5.25. The molecule has 98 valence electrons. The summed E-state index contributed by atoms with van der Waals surface area (Å²) in [6.07, 6.45) is 4.13. The van der Waals surface area contributed by atoms with Gasteiger partial charge in [0.15, 0.2) is 0 Å². The van der Waals surface area contributed by atoms with Crippen LogP contribution in [0.1, 0.15) is 19.3 Å². The van der Waals surface area contributed by atoms with Crippen molar-refractivity contribution in [3.63, 3.8) is 0 Å². The van der Waals surface area contributed by atoms with Gasteiger partial charge in [0, 0.05) is 18.5 Å². The molecule has 0 spiro atoms. The fourth-order valence-electron chi connectivity index (χ4n) is 2.67. The van der Waals surface area contributed by atoms with Gasteiger partial charge in [0.25, 0.3) is 0 Å². The van der Waals surface area contributed by atoms with E-state index in [-0.39, 0.29) is 0 Å². The van der Waals surface area contributed by atoms with E-state index in [0.717, 1.165) is 24.8 Å². The van der Waals surface area contributed by atoms with Crippen LogP contribution in [0.5, 0.6) is 5.75 Å². The summed E-state index contributed by atoms with van der Waals surface area (Å²) in [5.74, 6) is 2.20. The maximum atomic E-state index is 6.18. The number of ether oxygens (including phenoxy) is 1. The SMILES string of the molecule is Clc1ccc(O[C@H](C2CC2)[C@H]2CCNC2)cc1Cl. The van der Waals surface area contributed by atoms with Gasteiger partial charge < -0.3 is 10.1 Å². The minimum atomic E-state index is 0.331. The molecule has 0 aromatic heterocycles. The summed E-state index contributed by atoms with van der Waals surface area (Å²) in [7, 11) is 0. The van der Waals surface area contributed by atoms with Crippen LogP contribution in [0.3, 0.4) is 0 Å². The molecule has 1 heterocycles. The van der Waals surface area contributed by atoms with E-state index >= 15 is 0 Å². The quantitative estimate of drug-likeness (QED) is 0.910. The molecule has 0 amide bonds. The van der Waals surface area contributed by atoms with Crippen LogP contribution in [0, 0.1) is 11.8 Å². The topological polar surface area (TPSA) is 21.3 Å². The number of benzene rings is 1. The van der Waals surface area contributed by atoms with E-state index in [1.807, 2.05) is 12.1 Å². The third-order valence-corrected chi connectivity index (χ3v) is 4.55. The molecule has 1 saturated carbocycles. The summed E-state index contributed by atoms with van der Waals surface area (Å²) in [4.78, 5) is 0. The van der Waals surface area contributed by atoms with Crippen molar-refractivity contribution in [2.75, 3.05) is 13.1 Å². The summed E-state index contributed by atoms with van der Waals surface area (Å²) in [5, 5.41) is 4.56. The smallest absolute Gasteiger partial charge is 0.121 e. The van der Waals surface area contributed by atoms with Crippen LogP contribution < -0.4 is 10.1 Å². The summed E-state index contributed by atoms with van der Waals surface area (Å²) in [5.41, 5.74) is 0. The molecule has 2 fully saturated rings. The molecule has 1 aromatic carbocycles. The predicted molar refractivity (Wildman–Crippen MR) is 74.6 cm³/mol. The number of halogens is 2. The molecule has 1 aliphatic carbocycles. The zero-order valence-electron chi connectivity index (χ0n) is 10.2. The third kappa shape index (κ3) is 2.76. The van der Waals surface area contributed by atoms with Gasteiger partial charge in [-0.05, 0) is 43.9 Å². The first-order valence-electron chi connectivity index (χ1n) is 6.56. The van der Waals surface area contributed by atoms with Gasteiger partial charge in [-0.1, -0.05) is 23.2 Å². The first-order valence-corrected chi connectivity index (χ1v) is 7.32. The molecule has 1 saturated heterocycles. The standard InChI is InChI=1S/C14H17Cl2NO/c15-12-4-3-11(7-13(12)16)18-14(9-1-2-9)10-5-6-17-8-10/h3-4,7,9-10,14,17H,1-2,5-6,8H2/t10-,14+/m0/s1. The minimum absolute atomic E-state index is 0.331. The predicted octanol–water partition coefficient (Wildman–Crippen LogP) is 3.76. The Morgan fingerprint density at radius 3 is 2.56 bits per heavy atom. The van der Waals surface area contributed by atoms with Crippen molar-refractivity contribution in [2.45, 2.75) is 25.4 Å². The highest BCUT2D eigenvalue weighted by molar-refractivity contribution is 6.42. The van der Waals surface area contributed by atoms with Crippen molar-refractivity contribution in [1.29, 1.82) is 0 Å². The molecule has 3 rings (SSSR count). The highest BCUT2D eigenvalue weighted by Crippen LogP contribution is 2.40. The van der Waals surface area contributed by atoms with Crippen molar-refractivity contribution in [3.8, 4) is 5.75 Å². The molecule has 0 bridgehead atoms. The second kappa shape index (κ2) is 5.28. The van der Waals surface area contributed by atoms with E-state index in [2.05, 4.69) is 5.32 Å². The Kier molecular flexibility index (Phi) is 3.69. The lowest BCUT2D eigenvalue weighted by atomic mass is 9.97. The van der Waals surface area contributed by atoms with Gasteiger partial charge >= 0.3 is 0 Å². The van der Waals surface area contributed by atoms with Gasteiger partial charge in [0.1, 0.15) is 11.9 Å². The van der Waals surface area contributed by atoms with Crippen LogP contribution in [0.25, 0.3) is 0 Å². The largest absolute Gasteiger partial charge is 0.490 e. The lowest BCUT2D eigenvalue weighted by Gasteiger charge is -2.24. The monoisotopic (exact) mass is 285 g/mol. The maximum Gasteiger partial charge on any atom is 0.121 e. The average molecular weight is 286 g/mol. The Bertz CT molecular complexity index is 428. The van der Waals surface area contributed by atoms with Crippen LogP contribution in [0.2, 0.25) is 10.0 Å². The first kappa shape index (κ1) is 12.6. The van der Waals surface area contributed by atoms with Gasteiger partial charge in [0.05, 0.1) is 10.0 Å². The van der Waals surface area contributed by atoms with E-state index < -0.39 is 0 Å². The Morgan fingerprint density at radius 1 is 1.11 bits per heavy atom. The highest BCUT2D eigenvalue weighted by Gasteiger charge is 2.39. The molecular formula is C14H17Cl2NO. The van der Waals surface area contributed by atoms with Crippen molar-refractivity contribution >= 4 is 23.2 Å². The Hall–Kier alpha value is -0.440. The van der Waals surface area contributed by atoms with E-state index in [1.54, 1.807) is 6.07 Å². The minimum Gasteiger partial charge on any atom is -0.490 e. The highest BCUT2D eigenvalue weighted by atomic mass is 35.5. The fraction of sp³-hybridized carbons (Fsp3) is 0.571. The van der Waals surface area contributed by atoms with Crippen molar-refractivity contribution < 1.29 is 4.74 Å². The Labute approximate surface area is 118 Å². The van der Waals surface area contributed by atoms with E-state index in [1.165, 1.54) is 19.3 Å². The first-order chi connectivity index (χ1) is 8.74. The molecule has 1 aliphatic heterocycles. The molecule has 4 heteroatoms. The average Bonchev–Trinajstić information content (AvgIpc) is 3.05. The molecule has 2 nitrogen and oxygen atoms in total. The molecule has 2 aliphatic rings. The summed E-state index contributed by atoms with van der Waals surface area (Å²) in [6.45, 7) is 2.18. The summed E-state index contributed by atoms with van der Waals surface area (Å²) in [6, 6.07) is 5.53. The maximum absolute atomic E-state index is 6.18. The number of rotatable bonds is 4. The number of hydrogen-bond donors (Lipinski definition) is 1. The van der Waals surface area contributed by atoms with Crippen LogP contribution in [0.15, 0.2) is 18.2 Å². The van der Waals surface area contributed by atoms with Crippen LogP contribution in [-0.4, -0.2) is 19.2 Å². The van der Waals surface area contributed by atoms with Crippen molar-refractivity contribution in [1.82, 2.24) is 5.32 Å². The molecule has 18 heavy (non-hydrogen) atoms. The van der Waals surface area contributed by atoms with Crippen LogP contribution in [0.4, 0.5) is 0 Å². The van der Waals surface area contributed by atoms with Gasteiger partial charge in [-0.25, -0.2) is 0 Å². The van der Waals surface area contributed by atoms with Crippen molar-refractivity contribution in [3.05, 3.63) is 28.2 Å².